The van der Waals surface area contributed by atoms with E-state index in [2.05, 4.69) is 43.8 Å². The quantitative estimate of drug-likeness (QED) is 0.221. The Bertz CT molecular complexity index is 1430. The van der Waals surface area contributed by atoms with Crippen LogP contribution in [0.2, 0.25) is 0 Å². The molecule has 8 N–H and O–H groups in total. The Kier molecular flexibility index (Phi) is 9.66. The molecular weight excluding hydrogens is 524 g/mol. The minimum atomic E-state index is 0.666. The summed E-state index contributed by atoms with van der Waals surface area (Å²) in [5, 5.41) is 0. The molecule has 6 heterocycles. The van der Waals surface area contributed by atoms with Crippen molar-refractivity contribution in [1.29, 1.82) is 0 Å². The van der Waals surface area contributed by atoms with Crippen LogP contribution in [-0.4, -0.2) is 29.9 Å². The van der Waals surface area contributed by atoms with E-state index in [9.17, 15) is 0 Å². The summed E-state index contributed by atoms with van der Waals surface area (Å²) in [5.74, 6) is 0. The first-order valence-electron chi connectivity index (χ1n) is 13.0. The number of aryl methyl sites for hydroxylation is 2. The van der Waals surface area contributed by atoms with E-state index in [0.29, 0.717) is 22.7 Å². The first-order valence-corrected chi connectivity index (χ1v) is 13.0. The van der Waals surface area contributed by atoms with E-state index in [-0.39, 0.29) is 0 Å². The van der Waals surface area contributed by atoms with Gasteiger partial charge in [-0.05, 0) is 97.8 Å². The fourth-order valence-electron chi connectivity index (χ4n) is 3.70. The number of hydrogen-bond donors (Lipinski definition) is 4. The Labute approximate surface area is 244 Å². The molecule has 42 heavy (non-hydrogen) atoms. The Morgan fingerprint density at radius 3 is 0.762 bits per heavy atom. The summed E-state index contributed by atoms with van der Waals surface area (Å²) < 4.78 is 0. The van der Waals surface area contributed by atoms with Gasteiger partial charge in [0, 0.05) is 59.9 Å². The van der Waals surface area contributed by atoms with Crippen molar-refractivity contribution in [3.63, 3.8) is 0 Å². The third-order valence-electron chi connectivity index (χ3n) is 5.75. The highest BCUT2D eigenvalue weighted by molar-refractivity contribution is 5.63. The Hall–Kier alpha value is -5.90. The highest BCUT2D eigenvalue weighted by Gasteiger charge is 2.02. The first kappa shape index (κ1) is 29.1. The lowest BCUT2D eigenvalue weighted by Gasteiger charge is -2.01. The van der Waals surface area contributed by atoms with Crippen LogP contribution in [0.3, 0.4) is 0 Å². The van der Waals surface area contributed by atoms with Gasteiger partial charge in [0.15, 0.2) is 0 Å². The summed E-state index contributed by atoms with van der Waals surface area (Å²) >= 11 is 0. The molecule has 0 amide bonds. The first-order chi connectivity index (χ1) is 20.3. The topological polar surface area (TPSA) is 181 Å². The second-order valence-corrected chi connectivity index (χ2v) is 9.33. The number of nitrogen functional groups attached to an aromatic ring is 4. The number of pyridine rings is 6. The molecule has 10 heteroatoms. The van der Waals surface area contributed by atoms with Crippen LogP contribution in [-0.2, 0) is 0 Å². The summed E-state index contributed by atoms with van der Waals surface area (Å²) in [6.07, 6.45) is 10.2. The van der Waals surface area contributed by atoms with Gasteiger partial charge in [-0.25, -0.2) is 0 Å². The van der Waals surface area contributed by atoms with Gasteiger partial charge in [-0.3, -0.25) is 29.9 Å². The Morgan fingerprint density at radius 1 is 0.333 bits per heavy atom. The molecule has 6 aromatic heterocycles. The molecule has 210 valence electrons. The highest BCUT2D eigenvalue weighted by Crippen LogP contribution is 2.19. The van der Waals surface area contributed by atoms with Crippen molar-refractivity contribution in [3.8, 4) is 34.2 Å². The molecule has 0 aliphatic heterocycles. The maximum atomic E-state index is 5.63. The van der Waals surface area contributed by atoms with E-state index in [1.165, 1.54) is 11.1 Å². The molecule has 0 unspecified atom stereocenters. The van der Waals surface area contributed by atoms with Crippen molar-refractivity contribution in [2.75, 3.05) is 22.9 Å². The predicted octanol–water partition coefficient (Wildman–Crippen LogP) is 5.38. The van der Waals surface area contributed by atoms with Crippen molar-refractivity contribution >= 4 is 22.7 Å². The SMILES string of the molecule is Cc1ccnc(-c2cc(C)ccn2)c1.Nc1ccnc(-c2cc(N)ccn2)c1.Nc1ccnc(-c2cc(N)ccn2)c1. The molecule has 0 atom stereocenters. The zero-order valence-corrected chi connectivity index (χ0v) is 23.4. The maximum absolute atomic E-state index is 5.63. The lowest BCUT2D eigenvalue weighted by molar-refractivity contribution is 1.21. The van der Waals surface area contributed by atoms with Crippen molar-refractivity contribution in [2.24, 2.45) is 0 Å². The average molecular weight is 557 g/mol. The molecule has 0 saturated carbocycles. The fraction of sp³-hybridized carbons (Fsp3) is 0.0625. The molecule has 0 saturated heterocycles. The molecular formula is C32H32N10. The second-order valence-electron chi connectivity index (χ2n) is 9.33. The normalized spacial score (nSPS) is 10.0. The molecule has 0 fully saturated rings. The van der Waals surface area contributed by atoms with Crippen LogP contribution >= 0.6 is 0 Å². The van der Waals surface area contributed by atoms with Gasteiger partial charge in [-0.1, -0.05) is 0 Å². The molecule has 0 bridgehead atoms. The van der Waals surface area contributed by atoms with Crippen LogP contribution in [0.5, 0.6) is 0 Å². The molecule has 0 aliphatic rings. The van der Waals surface area contributed by atoms with E-state index in [0.717, 1.165) is 34.2 Å². The molecule has 0 radical (unpaired) electrons. The molecule has 0 aliphatic carbocycles. The van der Waals surface area contributed by atoms with Crippen LogP contribution in [0.25, 0.3) is 34.2 Å². The average Bonchev–Trinajstić information content (AvgIpc) is 2.98. The monoisotopic (exact) mass is 556 g/mol. The van der Waals surface area contributed by atoms with Crippen LogP contribution in [0.1, 0.15) is 11.1 Å². The van der Waals surface area contributed by atoms with Crippen LogP contribution in [0, 0.1) is 13.8 Å². The van der Waals surface area contributed by atoms with E-state index in [1.54, 1.807) is 73.3 Å². The minimum Gasteiger partial charge on any atom is -0.399 e. The summed E-state index contributed by atoms with van der Waals surface area (Å²) in [4.78, 5) is 25.2. The van der Waals surface area contributed by atoms with Gasteiger partial charge in [-0.2, -0.15) is 0 Å². The van der Waals surface area contributed by atoms with Crippen LogP contribution in [0.4, 0.5) is 22.7 Å². The molecule has 0 aromatic carbocycles. The molecule has 10 nitrogen and oxygen atoms in total. The fourth-order valence-corrected chi connectivity index (χ4v) is 3.70. The molecule has 6 rings (SSSR count). The maximum Gasteiger partial charge on any atom is 0.0907 e. The third-order valence-corrected chi connectivity index (χ3v) is 5.75. The van der Waals surface area contributed by atoms with Gasteiger partial charge in [-0.15, -0.1) is 0 Å². The number of anilines is 4. The van der Waals surface area contributed by atoms with Gasteiger partial charge in [0.1, 0.15) is 0 Å². The summed E-state index contributed by atoms with van der Waals surface area (Å²) in [5.41, 5.74) is 32.4. The second kappa shape index (κ2) is 13.9. The van der Waals surface area contributed by atoms with Gasteiger partial charge in [0.25, 0.3) is 0 Å². The Morgan fingerprint density at radius 2 is 0.548 bits per heavy atom. The number of nitrogens with two attached hydrogens (primary N) is 4. The highest BCUT2D eigenvalue weighted by atomic mass is 14.8. The molecule has 6 aromatic rings. The van der Waals surface area contributed by atoms with E-state index in [1.807, 2.05) is 36.7 Å². The van der Waals surface area contributed by atoms with Crippen molar-refractivity contribution in [3.05, 3.63) is 121 Å². The van der Waals surface area contributed by atoms with Crippen LogP contribution < -0.4 is 22.9 Å². The third kappa shape index (κ3) is 8.55. The minimum absolute atomic E-state index is 0.666. The zero-order valence-electron chi connectivity index (χ0n) is 23.4. The largest absolute Gasteiger partial charge is 0.399 e. The number of hydrogen-bond acceptors (Lipinski definition) is 10. The zero-order chi connectivity index (χ0) is 29.9. The number of nitrogens with zero attached hydrogens (tertiary/aromatic N) is 6. The molecule has 0 spiro atoms. The lowest BCUT2D eigenvalue weighted by atomic mass is 10.1. The number of aromatic nitrogens is 6. The van der Waals surface area contributed by atoms with E-state index >= 15 is 0 Å². The predicted molar refractivity (Wildman–Crippen MR) is 170 cm³/mol. The van der Waals surface area contributed by atoms with Crippen molar-refractivity contribution in [2.45, 2.75) is 13.8 Å². The van der Waals surface area contributed by atoms with Gasteiger partial charge >= 0.3 is 0 Å². The summed E-state index contributed by atoms with van der Waals surface area (Å²) in [7, 11) is 0. The van der Waals surface area contributed by atoms with Gasteiger partial charge < -0.3 is 22.9 Å². The lowest BCUT2D eigenvalue weighted by Crippen LogP contribution is -1.92. The van der Waals surface area contributed by atoms with E-state index in [4.69, 9.17) is 22.9 Å². The summed E-state index contributed by atoms with van der Waals surface area (Å²) in [6.45, 7) is 4.11. The van der Waals surface area contributed by atoms with E-state index < -0.39 is 0 Å². The van der Waals surface area contributed by atoms with Crippen molar-refractivity contribution < 1.29 is 0 Å². The van der Waals surface area contributed by atoms with Gasteiger partial charge in [0.2, 0.25) is 0 Å². The standard InChI is InChI=1S/C12H12N2.2C10H10N4/c1-9-3-5-13-11(7-9)12-8-10(2)4-6-14-12;2*11-7-1-3-13-9(5-7)10-6-8(12)2-4-14-10/h3-8H,1-2H3;2*1-6H,(H2,11,13)(H2,12,14). The van der Waals surface area contributed by atoms with Crippen molar-refractivity contribution in [1.82, 2.24) is 29.9 Å². The van der Waals surface area contributed by atoms with Crippen LogP contribution in [0.15, 0.2) is 110 Å². The van der Waals surface area contributed by atoms with Gasteiger partial charge in [0.05, 0.1) is 34.2 Å². The smallest absolute Gasteiger partial charge is 0.0907 e. The Balaban J connectivity index is 0.000000145. The number of rotatable bonds is 3. The summed E-state index contributed by atoms with van der Waals surface area (Å²) in [6, 6.07) is 22.0.